The van der Waals surface area contributed by atoms with Gasteiger partial charge in [-0.25, -0.2) is 9.59 Å². The number of aromatic nitrogens is 2. The molecule has 2 aromatic heterocycles. The summed E-state index contributed by atoms with van der Waals surface area (Å²) in [4.78, 5) is 29.8. The predicted molar refractivity (Wildman–Crippen MR) is 87.1 cm³/mol. The molecule has 7 heteroatoms. The van der Waals surface area contributed by atoms with Crippen molar-refractivity contribution in [3.63, 3.8) is 0 Å². The van der Waals surface area contributed by atoms with E-state index in [9.17, 15) is 9.59 Å². The third-order valence-corrected chi connectivity index (χ3v) is 3.76. The number of hydrogen-bond acceptors (Lipinski definition) is 4. The average Bonchev–Trinajstić information content (AvgIpc) is 3.11. The fourth-order valence-electron chi connectivity index (χ4n) is 2.48. The SMILES string of the molecule is CCOC(=O)c1cc2cc(Cl)c3cc(C(=O)OCC)[nH]c3c2[nH]1. The fraction of sp³-hybridized carbons (Fsp3) is 0.250. The van der Waals surface area contributed by atoms with Gasteiger partial charge >= 0.3 is 11.9 Å². The topological polar surface area (TPSA) is 84.2 Å². The van der Waals surface area contributed by atoms with E-state index in [1.807, 2.05) is 0 Å². The first kappa shape index (κ1) is 15.4. The molecule has 0 spiro atoms. The number of fused-ring (bicyclic) bond motifs is 3. The molecule has 120 valence electrons. The molecule has 1 aromatic carbocycles. The van der Waals surface area contributed by atoms with E-state index in [2.05, 4.69) is 9.97 Å². The minimum atomic E-state index is -0.454. The van der Waals surface area contributed by atoms with Crippen molar-refractivity contribution in [3.8, 4) is 0 Å². The number of benzene rings is 1. The van der Waals surface area contributed by atoms with Gasteiger partial charge in [-0.3, -0.25) is 0 Å². The number of aromatic amines is 2. The molecule has 0 unspecified atom stereocenters. The number of hydrogen-bond donors (Lipinski definition) is 2. The van der Waals surface area contributed by atoms with Gasteiger partial charge in [0.05, 0.1) is 29.3 Å². The smallest absolute Gasteiger partial charge is 0.354 e. The molecule has 0 saturated heterocycles. The van der Waals surface area contributed by atoms with Gasteiger partial charge in [0.1, 0.15) is 11.4 Å². The zero-order valence-electron chi connectivity index (χ0n) is 12.7. The van der Waals surface area contributed by atoms with Crippen molar-refractivity contribution in [1.29, 1.82) is 0 Å². The van der Waals surface area contributed by atoms with E-state index >= 15 is 0 Å². The Labute approximate surface area is 136 Å². The molecule has 0 atom stereocenters. The molecule has 23 heavy (non-hydrogen) atoms. The summed E-state index contributed by atoms with van der Waals surface area (Å²) in [6, 6.07) is 5.05. The minimum Gasteiger partial charge on any atom is -0.461 e. The third kappa shape index (κ3) is 2.66. The molecule has 2 heterocycles. The first-order valence-electron chi connectivity index (χ1n) is 7.23. The van der Waals surface area contributed by atoms with E-state index in [1.165, 1.54) is 0 Å². The lowest BCUT2D eigenvalue weighted by atomic mass is 10.2. The summed E-state index contributed by atoms with van der Waals surface area (Å²) in [5.74, 6) is -0.893. The van der Waals surface area contributed by atoms with Gasteiger partial charge in [0, 0.05) is 10.8 Å². The molecular weight excluding hydrogens is 320 g/mol. The highest BCUT2D eigenvalue weighted by molar-refractivity contribution is 6.37. The van der Waals surface area contributed by atoms with Crippen LogP contribution in [0.5, 0.6) is 0 Å². The number of H-pyrrole nitrogens is 2. The molecule has 0 amide bonds. The van der Waals surface area contributed by atoms with Gasteiger partial charge in [-0.05, 0) is 32.0 Å². The number of carbonyl (C=O) groups is 2. The highest BCUT2D eigenvalue weighted by Crippen LogP contribution is 2.32. The number of halogens is 1. The summed E-state index contributed by atoms with van der Waals surface area (Å²) in [5, 5.41) is 1.91. The van der Waals surface area contributed by atoms with Gasteiger partial charge < -0.3 is 19.4 Å². The lowest BCUT2D eigenvalue weighted by Gasteiger charge is -1.98. The van der Waals surface area contributed by atoms with Crippen LogP contribution in [0.15, 0.2) is 18.2 Å². The van der Waals surface area contributed by atoms with Crippen molar-refractivity contribution < 1.29 is 19.1 Å². The highest BCUT2D eigenvalue weighted by Gasteiger charge is 2.18. The van der Waals surface area contributed by atoms with Gasteiger partial charge in [0.2, 0.25) is 0 Å². The van der Waals surface area contributed by atoms with Crippen molar-refractivity contribution in [1.82, 2.24) is 9.97 Å². The Bertz CT molecular complexity index is 910. The van der Waals surface area contributed by atoms with Gasteiger partial charge in [-0.2, -0.15) is 0 Å². The average molecular weight is 335 g/mol. The molecule has 0 saturated carbocycles. The van der Waals surface area contributed by atoms with Crippen LogP contribution < -0.4 is 0 Å². The van der Waals surface area contributed by atoms with E-state index in [0.717, 1.165) is 5.39 Å². The number of esters is 2. The summed E-state index contributed by atoms with van der Waals surface area (Å²) in [6.07, 6.45) is 0. The molecule has 0 aliphatic rings. The summed E-state index contributed by atoms with van der Waals surface area (Å²) in [5.41, 5.74) is 1.97. The van der Waals surface area contributed by atoms with Crippen LogP contribution in [0.2, 0.25) is 5.02 Å². The van der Waals surface area contributed by atoms with Gasteiger partial charge in [-0.1, -0.05) is 11.6 Å². The van der Waals surface area contributed by atoms with E-state index in [4.69, 9.17) is 21.1 Å². The third-order valence-electron chi connectivity index (χ3n) is 3.45. The van der Waals surface area contributed by atoms with Gasteiger partial charge in [0.25, 0.3) is 0 Å². The zero-order chi connectivity index (χ0) is 16.6. The van der Waals surface area contributed by atoms with Crippen molar-refractivity contribution >= 4 is 45.3 Å². The molecule has 0 aliphatic carbocycles. The monoisotopic (exact) mass is 334 g/mol. The number of carbonyl (C=O) groups excluding carboxylic acids is 2. The molecule has 0 radical (unpaired) electrons. The van der Waals surface area contributed by atoms with Crippen molar-refractivity contribution in [3.05, 3.63) is 34.6 Å². The first-order valence-corrected chi connectivity index (χ1v) is 7.61. The molecule has 2 N–H and O–H groups in total. The van der Waals surface area contributed by atoms with Crippen LogP contribution in [0.4, 0.5) is 0 Å². The standard InChI is InChI=1S/C16H15ClN2O4/c1-3-22-15(20)11-6-8-5-10(17)9-7-12(16(21)23-4-2)19-14(9)13(8)18-11/h5-7,18-19H,3-4H2,1-2H3. The second kappa shape index (κ2) is 5.96. The second-order valence-corrected chi connectivity index (χ2v) is 5.33. The van der Waals surface area contributed by atoms with E-state index in [0.29, 0.717) is 39.4 Å². The Morgan fingerprint density at radius 3 is 2.13 bits per heavy atom. The van der Waals surface area contributed by atoms with Crippen LogP contribution in [0.3, 0.4) is 0 Å². The Hall–Kier alpha value is -2.47. The first-order chi connectivity index (χ1) is 11.0. The predicted octanol–water partition coefficient (Wildman–Crippen LogP) is 3.66. The summed E-state index contributed by atoms with van der Waals surface area (Å²) in [7, 11) is 0. The number of rotatable bonds is 4. The zero-order valence-corrected chi connectivity index (χ0v) is 13.4. The fourth-order valence-corrected chi connectivity index (χ4v) is 2.75. The van der Waals surface area contributed by atoms with Crippen LogP contribution in [-0.2, 0) is 9.47 Å². The van der Waals surface area contributed by atoms with Crippen molar-refractivity contribution in [2.75, 3.05) is 13.2 Å². The number of ether oxygens (including phenoxy) is 2. The van der Waals surface area contributed by atoms with Crippen LogP contribution in [0, 0.1) is 0 Å². The van der Waals surface area contributed by atoms with Crippen LogP contribution in [-0.4, -0.2) is 35.1 Å². The van der Waals surface area contributed by atoms with E-state index in [1.54, 1.807) is 32.0 Å². The molecule has 0 aliphatic heterocycles. The molecule has 3 aromatic rings. The molecular formula is C16H15ClN2O4. The van der Waals surface area contributed by atoms with E-state index in [-0.39, 0.29) is 6.61 Å². The maximum Gasteiger partial charge on any atom is 0.354 e. The maximum atomic E-state index is 11.9. The second-order valence-electron chi connectivity index (χ2n) is 4.92. The Morgan fingerprint density at radius 1 is 0.957 bits per heavy atom. The molecule has 6 nitrogen and oxygen atoms in total. The maximum absolute atomic E-state index is 11.9. The summed E-state index contributed by atoms with van der Waals surface area (Å²) >= 11 is 6.28. The lowest BCUT2D eigenvalue weighted by Crippen LogP contribution is -2.04. The quantitative estimate of drug-likeness (QED) is 0.713. The minimum absolute atomic E-state index is 0.285. The van der Waals surface area contributed by atoms with Gasteiger partial charge in [-0.15, -0.1) is 0 Å². The van der Waals surface area contributed by atoms with Crippen LogP contribution in [0.25, 0.3) is 21.8 Å². The largest absolute Gasteiger partial charge is 0.461 e. The van der Waals surface area contributed by atoms with Crippen molar-refractivity contribution in [2.45, 2.75) is 13.8 Å². The Morgan fingerprint density at radius 2 is 1.52 bits per heavy atom. The normalized spacial score (nSPS) is 11.1. The number of nitrogens with one attached hydrogen (secondary N) is 2. The molecule has 0 bridgehead atoms. The lowest BCUT2D eigenvalue weighted by molar-refractivity contribution is 0.0511. The Kier molecular flexibility index (Phi) is 4.00. The summed E-state index contributed by atoms with van der Waals surface area (Å²) < 4.78 is 9.97. The molecule has 0 fully saturated rings. The van der Waals surface area contributed by atoms with E-state index < -0.39 is 11.9 Å². The Balaban J connectivity index is 2.17. The highest BCUT2D eigenvalue weighted by atomic mass is 35.5. The molecule has 3 rings (SSSR count). The summed E-state index contributed by atoms with van der Waals surface area (Å²) in [6.45, 7) is 4.06. The van der Waals surface area contributed by atoms with Crippen molar-refractivity contribution in [2.24, 2.45) is 0 Å². The van der Waals surface area contributed by atoms with Crippen LogP contribution in [0.1, 0.15) is 34.8 Å². The van der Waals surface area contributed by atoms with Gasteiger partial charge in [0.15, 0.2) is 0 Å². The van der Waals surface area contributed by atoms with Crippen LogP contribution >= 0.6 is 11.6 Å².